The van der Waals surface area contributed by atoms with Crippen molar-refractivity contribution in [1.82, 2.24) is 9.97 Å². The van der Waals surface area contributed by atoms with Gasteiger partial charge in [0, 0.05) is 24.8 Å². The number of aromatic nitrogens is 2. The van der Waals surface area contributed by atoms with Gasteiger partial charge in [0.15, 0.2) is 0 Å². The predicted octanol–water partition coefficient (Wildman–Crippen LogP) is 0.142. The molecular weight excluding hydrogens is 206 g/mol. The molecule has 1 aromatic heterocycles. The second kappa shape index (κ2) is 4.35. The second-order valence-electron chi connectivity index (χ2n) is 4.50. The number of aliphatic hydroxyl groups excluding tert-OH is 2. The Morgan fingerprint density at radius 2 is 1.88 bits per heavy atom. The van der Waals surface area contributed by atoms with Crippen molar-refractivity contribution >= 4 is 5.82 Å². The van der Waals surface area contributed by atoms with Gasteiger partial charge in [0.25, 0.3) is 0 Å². The number of hydrogen-bond donors (Lipinski definition) is 2. The Morgan fingerprint density at radius 3 is 2.44 bits per heavy atom. The van der Waals surface area contributed by atoms with Crippen LogP contribution in [0.5, 0.6) is 0 Å². The summed E-state index contributed by atoms with van der Waals surface area (Å²) >= 11 is 0. The molecule has 5 heteroatoms. The highest BCUT2D eigenvalue weighted by molar-refractivity contribution is 5.41. The lowest BCUT2D eigenvalue weighted by Gasteiger charge is -2.17. The van der Waals surface area contributed by atoms with E-state index in [1.807, 2.05) is 11.0 Å². The van der Waals surface area contributed by atoms with Gasteiger partial charge in [-0.05, 0) is 5.92 Å². The van der Waals surface area contributed by atoms with Gasteiger partial charge in [-0.25, -0.2) is 9.97 Å². The van der Waals surface area contributed by atoms with Crippen molar-refractivity contribution in [2.45, 2.75) is 32.0 Å². The molecule has 1 saturated heterocycles. The lowest BCUT2D eigenvalue weighted by Crippen LogP contribution is -2.22. The quantitative estimate of drug-likeness (QED) is 0.746. The van der Waals surface area contributed by atoms with Crippen LogP contribution in [-0.4, -0.2) is 45.5 Å². The maximum absolute atomic E-state index is 9.47. The lowest BCUT2D eigenvalue weighted by atomic mass is 10.1. The van der Waals surface area contributed by atoms with Crippen molar-refractivity contribution in [2.24, 2.45) is 0 Å². The molecule has 1 fully saturated rings. The normalized spacial score (nSPS) is 25.4. The molecule has 1 aromatic rings. The molecule has 2 N–H and O–H groups in total. The number of aliphatic hydroxyl groups is 2. The van der Waals surface area contributed by atoms with E-state index in [9.17, 15) is 10.2 Å². The van der Waals surface area contributed by atoms with E-state index in [1.165, 1.54) is 6.33 Å². The van der Waals surface area contributed by atoms with E-state index < -0.39 is 12.2 Å². The van der Waals surface area contributed by atoms with Crippen molar-refractivity contribution in [2.75, 3.05) is 18.0 Å². The molecule has 0 radical (unpaired) electrons. The summed E-state index contributed by atoms with van der Waals surface area (Å²) in [5, 5.41) is 18.9. The molecule has 2 atom stereocenters. The minimum absolute atomic E-state index is 0.346. The molecule has 5 nitrogen and oxygen atoms in total. The predicted molar refractivity (Wildman–Crippen MR) is 60.3 cm³/mol. The Kier molecular flexibility index (Phi) is 3.07. The molecule has 0 aliphatic carbocycles. The zero-order valence-corrected chi connectivity index (χ0v) is 9.54. The average molecular weight is 223 g/mol. The van der Waals surface area contributed by atoms with Crippen LogP contribution in [0, 0.1) is 0 Å². The third-order valence-electron chi connectivity index (χ3n) is 2.85. The Balaban J connectivity index is 2.18. The van der Waals surface area contributed by atoms with Gasteiger partial charge in [0.1, 0.15) is 12.1 Å². The SMILES string of the molecule is CC(C)c1cc(N2CC(O)C(O)C2)ncn1. The van der Waals surface area contributed by atoms with Crippen molar-refractivity contribution in [1.29, 1.82) is 0 Å². The fourth-order valence-corrected chi connectivity index (χ4v) is 1.81. The molecule has 88 valence electrons. The molecule has 2 rings (SSSR count). The van der Waals surface area contributed by atoms with E-state index in [4.69, 9.17) is 0 Å². The Labute approximate surface area is 94.8 Å². The molecule has 16 heavy (non-hydrogen) atoms. The zero-order chi connectivity index (χ0) is 11.7. The van der Waals surface area contributed by atoms with Crippen LogP contribution in [0.15, 0.2) is 12.4 Å². The third-order valence-corrected chi connectivity index (χ3v) is 2.85. The van der Waals surface area contributed by atoms with Gasteiger partial charge in [0.2, 0.25) is 0 Å². The van der Waals surface area contributed by atoms with Gasteiger partial charge < -0.3 is 15.1 Å². The van der Waals surface area contributed by atoms with E-state index in [2.05, 4.69) is 23.8 Å². The fourth-order valence-electron chi connectivity index (χ4n) is 1.81. The van der Waals surface area contributed by atoms with Crippen LogP contribution in [0.1, 0.15) is 25.5 Å². The van der Waals surface area contributed by atoms with Crippen molar-refractivity contribution in [3.05, 3.63) is 18.1 Å². The highest BCUT2D eigenvalue weighted by atomic mass is 16.3. The Bertz CT molecular complexity index is 360. The van der Waals surface area contributed by atoms with Gasteiger partial charge in [0.05, 0.1) is 12.2 Å². The number of anilines is 1. The van der Waals surface area contributed by atoms with E-state index >= 15 is 0 Å². The molecule has 0 aromatic carbocycles. The smallest absolute Gasteiger partial charge is 0.132 e. The maximum Gasteiger partial charge on any atom is 0.132 e. The summed E-state index contributed by atoms with van der Waals surface area (Å²) < 4.78 is 0. The van der Waals surface area contributed by atoms with Crippen molar-refractivity contribution in [3.8, 4) is 0 Å². The Morgan fingerprint density at radius 1 is 1.25 bits per heavy atom. The molecule has 2 heterocycles. The molecule has 0 spiro atoms. The van der Waals surface area contributed by atoms with Crippen LogP contribution in [0.2, 0.25) is 0 Å². The number of nitrogens with zero attached hydrogens (tertiary/aromatic N) is 3. The summed E-state index contributed by atoms with van der Waals surface area (Å²) in [6.07, 6.45) is 0.164. The van der Waals surface area contributed by atoms with Gasteiger partial charge in [-0.3, -0.25) is 0 Å². The molecular formula is C11H17N3O2. The van der Waals surface area contributed by atoms with Crippen LogP contribution in [0.25, 0.3) is 0 Å². The minimum atomic E-state index is -0.683. The summed E-state index contributed by atoms with van der Waals surface area (Å²) in [5.41, 5.74) is 0.973. The molecule has 0 saturated carbocycles. The van der Waals surface area contributed by atoms with Gasteiger partial charge in [-0.15, -0.1) is 0 Å². The Hall–Kier alpha value is -1.20. The van der Waals surface area contributed by atoms with Crippen LogP contribution in [0.3, 0.4) is 0 Å². The first-order chi connectivity index (χ1) is 7.58. The summed E-state index contributed by atoms with van der Waals surface area (Å²) in [4.78, 5) is 10.2. The minimum Gasteiger partial charge on any atom is -0.389 e. The van der Waals surface area contributed by atoms with Crippen LogP contribution >= 0.6 is 0 Å². The monoisotopic (exact) mass is 223 g/mol. The van der Waals surface area contributed by atoms with E-state index in [0.717, 1.165) is 11.5 Å². The number of hydrogen-bond acceptors (Lipinski definition) is 5. The largest absolute Gasteiger partial charge is 0.389 e. The highest BCUT2D eigenvalue weighted by Gasteiger charge is 2.30. The van der Waals surface area contributed by atoms with Crippen LogP contribution in [0.4, 0.5) is 5.82 Å². The van der Waals surface area contributed by atoms with E-state index in [0.29, 0.717) is 19.0 Å². The van der Waals surface area contributed by atoms with Gasteiger partial charge >= 0.3 is 0 Å². The summed E-state index contributed by atoms with van der Waals surface area (Å²) in [6.45, 7) is 4.99. The summed E-state index contributed by atoms with van der Waals surface area (Å²) in [5.74, 6) is 1.12. The van der Waals surface area contributed by atoms with Crippen molar-refractivity contribution < 1.29 is 10.2 Å². The topological polar surface area (TPSA) is 69.5 Å². The first kappa shape index (κ1) is 11.3. The maximum atomic E-state index is 9.47. The summed E-state index contributed by atoms with van der Waals surface area (Å²) in [7, 11) is 0. The van der Waals surface area contributed by atoms with Crippen LogP contribution < -0.4 is 4.90 Å². The van der Waals surface area contributed by atoms with Gasteiger partial charge in [-0.1, -0.05) is 13.8 Å². The molecule has 1 aliphatic rings. The van der Waals surface area contributed by atoms with Gasteiger partial charge in [-0.2, -0.15) is 0 Å². The highest BCUT2D eigenvalue weighted by Crippen LogP contribution is 2.21. The lowest BCUT2D eigenvalue weighted by molar-refractivity contribution is 0.0572. The van der Waals surface area contributed by atoms with E-state index in [-0.39, 0.29) is 0 Å². The second-order valence-corrected chi connectivity index (χ2v) is 4.50. The standard InChI is InChI=1S/C11H17N3O2/c1-7(2)8-3-11(13-6-12-8)14-4-9(15)10(16)5-14/h3,6-7,9-10,15-16H,4-5H2,1-2H3. The molecule has 0 bridgehead atoms. The first-order valence-corrected chi connectivity index (χ1v) is 5.51. The molecule has 0 amide bonds. The molecule has 1 aliphatic heterocycles. The number of β-amino-alcohol motifs (C(OH)–C–C–N with tert-alkyl or cyclic N) is 2. The first-order valence-electron chi connectivity index (χ1n) is 5.51. The average Bonchev–Trinajstić information content (AvgIpc) is 2.59. The fraction of sp³-hybridized carbons (Fsp3) is 0.636. The third kappa shape index (κ3) is 2.15. The number of rotatable bonds is 2. The molecule has 2 unspecified atom stereocenters. The summed E-state index contributed by atoms with van der Waals surface area (Å²) in [6, 6.07) is 1.91. The zero-order valence-electron chi connectivity index (χ0n) is 9.54. The van der Waals surface area contributed by atoms with Crippen LogP contribution in [-0.2, 0) is 0 Å². The van der Waals surface area contributed by atoms with Crippen molar-refractivity contribution in [3.63, 3.8) is 0 Å². The van der Waals surface area contributed by atoms with E-state index in [1.54, 1.807) is 0 Å².